The highest BCUT2D eigenvalue weighted by Gasteiger charge is 2.41. The molecule has 1 saturated carbocycles. The molecule has 1 aliphatic carbocycles. The van der Waals surface area contributed by atoms with Crippen LogP contribution < -0.4 is 0 Å². The second kappa shape index (κ2) is 8.19. The van der Waals surface area contributed by atoms with Crippen LogP contribution in [0.2, 0.25) is 0 Å². The number of methoxy groups -OCH3 is 1. The van der Waals surface area contributed by atoms with E-state index in [2.05, 4.69) is 21.4 Å². The number of amides is 1. The molecule has 6 heteroatoms. The van der Waals surface area contributed by atoms with E-state index in [1.165, 1.54) is 32.1 Å². The van der Waals surface area contributed by atoms with Crippen LogP contribution in [0, 0.1) is 5.41 Å². The monoisotopic (exact) mass is 384 g/mol. The van der Waals surface area contributed by atoms with Gasteiger partial charge < -0.3 is 14.2 Å². The number of carbonyl (C=O) groups is 1. The minimum absolute atomic E-state index is 0.163. The van der Waals surface area contributed by atoms with Gasteiger partial charge in [0.2, 0.25) is 5.91 Å². The molecule has 1 saturated heterocycles. The predicted molar refractivity (Wildman–Crippen MR) is 109 cm³/mol. The molecule has 1 amide bonds. The van der Waals surface area contributed by atoms with Crippen molar-refractivity contribution in [1.82, 2.24) is 19.4 Å². The fraction of sp³-hybridized carbons (Fsp3) is 0.682. The van der Waals surface area contributed by atoms with Crippen molar-refractivity contribution in [3.8, 4) is 0 Å². The Hall–Kier alpha value is -1.95. The third kappa shape index (κ3) is 3.79. The first-order valence-electron chi connectivity index (χ1n) is 10.7. The van der Waals surface area contributed by atoms with Crippen LogP contribution >= 0.6 is 0 Å². The lowest BCUT2D eigenvalue weighted by molar-refractivity contribution is -0.130. The standard InChI is InChI=1S/C22H32N4O2/c1-17(15-28-2)26-19(24-18-7-6-13-23-21(18)26)8-5-9-20(27)25-14-12-22(16-25)10-3-4-11-22/h6-7,13,17H,3-5,8-12,14-16H2,1-2H3. The van der Waals surface area contributed by atoms with Crippen LogP contribution in [-0.4, -0.2) is 52.1 Å². The lowest BCUT2D eigenvalue weighted by Gasteiger charge is -2.23. The van der Waals surface area contributed by atoms with Crippen molar-refractivity contribution in [2.45, 2.75) is 64.3 Å². The van der Waals surface area contributed by atoms with E-state index < -0.39 is 0 Å². The number of likely N-dealkylation sites (tertiary alicyclic amines) is 1. The summed E-state index contributed by atoms with van der Waals surface area (Å²) in [5.41, 5.74) is 2.26. The molecular weight excluding hydrogens is 352 g/mol. The average Bonchev–Trinajstić information content (AvgIpc) is 3.41. The van der Waals surface area contributed by atoms with E-state index in [1.807, 2.05) is 12.1 Å². The summed E-state index contributed by atoms with van der Waals surface area (Å²) in [6, 6.07) is 4.08. The Kier molecular flexibility index (Phi) is 5.67. The lowest BCUT2D eigenvalue weighted by atomic mass is 9.86. The normalized spacial score (nSPS) is 19.7. The zero-order chi connectivity index (χ0) is 19.6. The largest absolute Gasteiger partial charge is 0.383 e. The molecule has 0 aromatic carbocycles. The second-order valence-electron chi connectivity index (χ2n) is 8.67. The van der Waals surface area contributed by atoms with E-state index in [9.17, 15) is 4.79 Å². The Morgan fingerprint density at radius 3 is 2.93 bits per heavy atom. The summed E-state index contributed by atoms with van der Waals surface area (Å²) < 4.78 is 7.52. The first-order chi connectivity index (χ1) is 13.6. The Labute approximate surface area is 167 Å². The zero-order valence-electron chi connectivity index (χ0n) is 17.2. The SMILES string of the molecule is COCC(C)n1c(CCCC(=O)N2CCC3(CCCC3)C2)nc2cccnc21. The maximum atomic E-state index is 12.7. The predicted octanol–water partition coefficient (Wildman–Crippen LogP) is 3.75. The summed E-state index contributed by atoms with van der Waals surface area (Å²) in [5, 5.41) is 0. The summed E-state index contributed by atoms with van der Waals surface area (Å²) in [4.78, 5) is 24.2. The van der Waals surface area contributed by atoms with Crippen LogP contribution in [0.1, 0.15) is 63.7 Å². The van der Waals surface area contributed by atoms with Gasteiger partial charge in [0.1, 0.15) is 11.3 Å². The molecule has 2 aromatic rings. The number of aromatic nitrogens is 3. The van der Waals surface area contributed by atoms with Gasteiger partial charge in [0.25, 0.3) is 0 Å². The number of pyridine rings is 1. The zero-order valence-corrected chi connectivity index (χ0v) is 17.2. The summed E-state index contributed by atoms with van der Waals surface area (Å²) in [6.45, 7) is 4.67. The number of ether oxygens (including phenoxy) is 1. The number of fused-ring (bicyclic) bond motifs is 1. The summed E-state index contributed by atoms with van der Waals surface area (Å²) in [7, 11) is 1.72. The molecule has 1 atom stereocenters. The minimum Gasteiger partial charge on any atom is -0.383 e. The van der Waals surface area contributed by atoms with Crippen molar-refractivity contribution < 1.29 is 9.53 Å². The number of imidazole rings is 1. The van der Waals surface area contributed by atoms with E-state index in [4.69, 9.17) is 9.72 Å². The quantitative estimate of drug-likeness (QED) is 0.729. The fourth-order valence-electron chi connectivity index (χ4n) is 5.17. The number of hydrogen-bond acceptors (Lipinski definition) is 4. The summed E-state index contributed by atoms with van der Waals surface area (Å²) >= 11 is 0. The van der Waals surface area contributed by atoms with Gasteiger partial charge in [-0.05, 0) is 50.2 Å². The maximum absolute atomic E-state index is 12.7. The highest BCUT2D eigenvalue weighted by atomic mass is 16.5. The summed E-state index contributed by atoms with van der Waals surface area (Å²) in [5.74, 6) is 1.31. The van der Waals surface area contributed by atoms with Crippen molar-refractivity contribution in [3.05, 3.63) is 24.2 Å². The number of aryl methyl sites for hydroxylation is 1. The molecule has 4 rings (SSSR count). The van der Waals surface area contributed by atoms with E-state index in [-0.39, 0.29) is 6.04 Å². The Morgan fingerprint density at radius 2 is 2.14 bits per heavy atom. The van der Waals surface area contributed by atoms with Gasteiger partial charge in [0.05, 0.1) is 12.6 Å². The van der Waals surface area contributed by atoms with Crippen LogP contribution in [0.4, 0.5) is 0 Å². The molecule has 28 heavy (non-hydrogen) atoms. The smallest absolute Gasteiger partial charge is 0.222 e. The topological polar surface area (TPSA) is 60.2 Å². The third-order valence-electron chi connectivity index (χ3n) is 6.62. The molecular formula is C22H32N4O2. The van der Waals surface area contributed by atoms with Crippen LogP contribution in [0.3, 0.4) is 0 Å². The van der Waals surface area contributed by atoms with Crippen LogP contribution in [-0.2, 0) is 16.0 Å². The Morgan fingerprint density at radius 1 is 1.32 bits per heavy atom. The van der Waals surface area contributed by atoms with Crippen molar-refractivity contribution in [3.63, 3.8) is 0 Å². The average molecular weight is 385 g/mol. The first-order valence-corrected chi connectivity index (χ1v) is 10.7. The number of hydrogen-bond donors (Lipinski definition) is 0. The molecule has 1 spiro atoms. The molecule has 152 valence electrons. The molecule has 0 radical (unpaired) electrons. The van der Waals surface area contributed by atoms with Gasteiger partial charge >= 0.3 is 0 Å². The Bertz CT molecular complexity index is 825. The molecule has 0 bridgehead atoms. The molecule has 2 aliphatic rings. The van der Waals surface area contributed by atoms with E-state index in [0.717, 1.165) is 42.9 Å². The van der Waals surface area contributed by atoms with Gasteiger partial charge in [-0.1, -0.05) is 12.8 Å². The van der Waals surface area contributed by atoms with Gasteiger partial charge in [-0.3, -0.25) is 4.79 Å². The number of rotatable bonds is 7. The molecule has 1 unspecified atom stereocenters. The minimum atomic E-state index is 0.163. The fourth-order valence-corrected chi connectivity index (χ4v) is 5.17. The molecule has 1 aliphatic heterocycles. The number of nitrogens with zero attached hydrogens (tertiary/aromatic N) is 4. The summed E-state index contributed by atoms with van der Waals surface area (Å²) in [6.07, 6.45) is 10.5. The molecule has 6 nitrogen and oxygen atoms in total. The van der Waals surface area contributed by atoms with E-state index in [0.29, 0.717) is 24.3 Å². The van der Waals surface area contributed by atoms with Crippen LogP contribution in [0.25, 0.3) is 11.2 Å². The van der Waals surface area contributed by atoms with Crippen LogP contribution in [0.15, 0.2) is 18.3 Å². The molecule has 0 N–H and O–H groups in total. The van der Waals surface area contributed by atoms with Crippen LogP contribution in [0.5, 0.6) is 0 Å². The van der Waals surface area contributed by atoms with Crippen molar-refractivity contribution in [2.24, 2.45) is 5.41 Å². The molecule has 2 fully saturated rings. The van der Waals surface area contributed by atoms with Crippen molar-refractivity contribution in [1.29, 1.82) is 0 Å². The van der Waals surface area contributed by atoms with Gasteiger partial charge in [0, 0.05) is 39.2 Å². The second-order valence-corrected chi connectivity index (χ2v) is 8.67. The number of carbonyl (C=O) groups excluding carboxylic acids is 1. The van der Waals surface area contributed by atoms with Crippen molar-refractivity contribution in [2.75, 3.05) is 26.8 Å². The van der Waals surface area contributed by atoms with Crippen molar-refractivity contribution >= 4 is 17.1 Å². The van der Waals surface area contributed by atoms with E-state index in [1.54, 1.807) is 13.3 Å². The third-order valence-corrected chi connectivity index (χ3v) is 6.62. The molecule has 3 heterocycles. The lowest BCUT2D eigenvalue weighted by Crippen LogP contribution is -2.31. The van der Waals surface area contributed by atoms with Gasteiger partial charge in [0.15, 0.2) is 5.65 Å². The molecule has 2 aromatic heterocycles. The van der Waals surface area contributed by atoms with Gasteiger partial charge in [-0.15, -0.1) is 0 Å². The maximum Gasteiger partial charge on any atom is 0.222 e. The highest BCUT2D eigenvalue weighted by molar-refractivity contribution is 5.76. The van der Waals surface area contributed by atoms with Gasteiger partial charge in [-0.2, -0.15) is 0 Å². The van der Waals surface area contributed by atoms with Gasteiger partial charge in [-0.25, -0.2) is 9.97 Å². The van der Waals surface area contributed by atoms with E-state index >= 15 is 0 Å². The first kappa shape index (κ1) is 19.4. The highest BCUT2D eigenvalue weighted by Crippen LogP contribution is 2.45. The Balaban J connectivity index is 1.39.